The van der Waals surface area contributed by atoms with E-state index in [0.717, 1.165) is 13.1 Å². The molecule has 19 heavy (non-hydrogen) atoms. The van der Waals surface area contributed by atoms with Crippen molar-refractivity contribution < 1.29 is 17.5 Å². The molecular formula is C13H19BF3N2+. The zero-order valence-electron chi connectivity index (χ0n) is 11.8. The number of hydrogen-bond donors (Lipinski definition) is 0. The molecule has 0 amide bonds. The number of hydrogen-bond acceptors (Lipinski definition) is 1. The molecule has 6 heteroatoms. The maximum Gasteiger partial charge on any atom is 0.762 e. The number of benzene rings is 1. The molecule has 0 radical (unpaired) electrons. The van der Waals surface area contributed by atoms with Gasteiger partial charge in [0.05, 0.1) is 7.05 Å². The van der Waals surface area contributed by atoms with Crippen LogP contribution >= 0.6 is 0 Å². The summed E-state index contributed by atoms with van der Waals surface area (Å²) in [5, 5.41) is 0. The van der Waals surface area contributed by atoms with Gasteiger partial charge >= 0.3 is 7.54 Å². The molecule has 0 fully saturated rings. The highest BCUT2D eigenvalue weighted by Gasteiger charge is 2.22. The second-order valence-corrected chi connectivity index (χ2v) is 4.78. The van der Waals surface area contributed by atoms with Gasteiger partial charge in [-0.15, -0.1) is 0 Å². The average molecular weight is 271 g/mol. The fourth-order valence-electron chi connectivity index (χ4n) is 2.41. The zero-order chi connectivity index (χ0) is 14.6. The first-order chi connectivity index (χ1) is 8.81. The molecule has 0 saturated heterocycles. The van der Waals surface area contributed by atoms with E-state index >= 15 is 0 Å². The predicted molar refractivity (Wildman–Crippen MR) is 74.2 cm³/mol. The Morgan fingerprint density at radius 2 is 1.58 bits per heavy atom. The number of halogens is 3. The number of rotatable bonds is 1. The third-order valence-corrected chi connectivity index (χ3v) is 2.95. The Kier molecular flexibility index (Phi) is 5.45. The van der Waals surface area contributed by atoms with Crippen LogP contribution in [0.2, 0.25) is 0 Å². The van der Waals surface area contributed by atoms with Gasteiger partial charge < -0.3 is 0 Å². The maximum atomic E-state index is 9.67. The molecule has 0 aliphatic carbocycles. The summed E-state index contributed by atoms with van der Waals surface area (Å²) in [6.45, 7) is 8.76. The Balaban J connectivity index is 0.000000399. The van der Waals surface area contributed by atoms with Crippen molar-refractivity contribution in [3.63, 3.8) is 0 Å². The summed E-state index contributed by atoms with van der Waals surface area (Å²) < 4.78 is 31.2. The molecule has 0 atom stereocenters. The molecule has 1 aromatic carbocycles. The van der Waals surface area contributed by atoms with Crippen LogP contribution in [0, 0.1) is 20.8 Å². The minimum atomic E-state index is -3.67. The van der Waals surface area contributed by atoms with Gasteiger partial charge in [0.15, 0.2) is 0 Å². The standard InChI is InChI=1S/C13H19N2.BF3/c1-10-7-11(2)13(12(3)8-10)15-6-5-14(4)9-15;2-1(3)4/h7-9H,5-6H2,1-4H3;/q+1;. The van der Waals surface area contributed by atoms with Gasteiger partial charge in [0.1, 0.15) is 18.8 Å². The predicted octanol–water partition coefficient (Wildman–Crippen LogP) is 2.98. The van der Waals surface area contributed by atoms with Crippen LogP contribution in [0.3, 0.4) is 0 Å². The second kappa shape index (κ2) is 6.64. The molecule has 0 spiro atoms. The molecule has 0 unspecified atom stereocenters. The van der Waals surface area contributed by atoms with Crippen molar-refractivity contribution in [3.05, 3.63) is 28.8 Å². The van der Waals surface area contributed by atoms with Gasteiger partial charge in [-0.3, -0.25) is 17.5 Å². The molecule has 2 rings (SSSR count). The van der Waals surface area contributed by atoms with Crippen molar-refractivity contribution in [1.82, 2.24) is 0 Å². The molecule has 104 valence electrons. The molecular weight excluding hydrogens is 252 g/mol. The first kappa shape index (κ1) is 15.6. The van der Waals surface area contributed by atoms with Gasteiger partial charge in [-0.1, -0.05) is 17.7 Å². The topological polar surface area (TPSA) is 6.25 Å². The maximum absolute atomic E-state index is 9.67. The number of likely N-dealkylation sites (N-methyl/N-ethyl adjacent to an activating group) is 1. The van der Waals surface area contributed by atoms with Crippen molar-refractivity contribution in [3.8, 4) is 0 Å². The summed E-state index contributed by atoms with van der Waals surface area (Å²) >= 11 is 0. The van der Waals surface area contributed by atoms with E-state index < -0.39 is 7.54 Å². The summed E-state index contributed by atoms with van der Waals surface area (Å²) in [5.41, 5.74) is 5.48. The fraction of sp³-hybridized carbons (Fsp3) is 0.462. The molecule has 1 heterocycles. The van der Waals surface area contributed by atoms with Gasteiger partial charge in [0.25, 0.3) is 0 Å². The van der Waals surface area contributed by atoms with E-state index in [9.17, 15) is 12.9 Å². The lowest BCUT2D eigenvalue weighted by Gasteiger charge is -2.13. The van der Waals surface area contributed by atoms with Crippen molar-refractivity contribution >= 4 is 19.6 Å². The largest absolute Gasteiger partial charge is 0.762 e. The van der Waals surface area contributed by atoms with Crippen LogP contribution in [0.15, 0.2) is 12.1 Å². The summed E-state index contributed by atoms with van der Waals surface area (Å²) in [4.78, 5) is 2.35. The first-order valence-corrected chi connectivity index (χ1v) is 6.13. The van der Waals surface area contributed by atoms with Gasteiger partial charge in [-0.05, 0) is 31.9 Å². The number of nitrogens with zero attached hydrogens (tertiary/aromatic N) is 2. The lowest BCUT2D eigenvalue weighted by molar-refractivity contribution is -0.481. The summed E-state index contributed by atoms with van der Waals surface area (Å²) in [7, 11) is -1.54. The molecule has 1 aliphatic rings. The monoisotopic (exact) mass is 271 g/mol. The summed E-state index contributed by atoms with van der Waals surface area (Å²) in [6, 6.07) is 4.52. The van der Waals surface area contributed by atoms with Crippen LogP contribution in [-0.4, -0.2) is 38.6 Å². The quantitative estimate of drug-likeness (QED) is 0.562. The van der Waals surface area contributed by atoms with Gasteiger partial charge in [0, 0.05) is 0 Å². The number of aryl methyl sites for hydroxylation is 3. The van der Waals surface area contributed by atoms with E-state index in [1.165, 1.54) is 22.4 Å². The van der Waals surface area contributed by atoms with Crippen LogP contribution in [-0.2, 0) is 0 Å². The van der Waals surface area contributed by atoms with Crippen LogP contribution in [0.5, 0.6) is 0 Å². The van der Waals surface area contributed by atoms with E-state index in [0.29, 0.717) is 0 Å². The van der Waals surface area contributed by atoms with Crippen LogP contribution in [0.4, 0.5) is 18.6 Å². The fourth-order valence-corrected chi connectivity index (χ4v) is 2.41. The molecule has 0 aromatic heterocycles. The lowest BCUT2D eigenvalue weighted by atomic mass is 10.0. The molecule has 0 saturated carbocycles. The van der Waals surface area contributed by atoms with Crippen LogP contribution in [0.1, 0.15) is 16.7 Å². The molecule has 2 nitrogen and oxygen atoms in total. The highest BCUT2D eigenvalue weighted by Crippen LogP contribution is 2.26. The smallest absolute Gasteiger partial charge is 0.267 e. The second-order valence-electron chi connectivity index (χ2n) is 4.78. The molecule has 0 bridgehead atoms. The Hall–Kier alpha value is -1.46. The third-order valence-electron chi connectivity index (χ3n) is 2.95. The van der Waals surface area contributed by atoms with E-state index in [2.05, 4.69) is 55.8 Å². The van der Waals surface area contributed by atoms with Crippen molar-refractivity contribution in [2.75, 3.05) is 25.0 Å². The lowest BCUT2D eigenvalue weighted by Crippen LogP contribution is -2.20. The minimum absolute atomic E-state index is 1.10. The highest BCUT2D eigenvalue weighted by atomic mass is 19.4. The Bertz CT molecular complexity index is 449. The molecule has 1 aliphatic heterocycles. The average Bonchev–Trinajstić information content (AvgIpc) is 2.62. The van der Waals surface area contributed by atoms with E-state index in [-0.39, 0.29) is 0 Å². The van der Waals surface area contributed by atoms with Crippen molar-refractivity contribution in [1.29, 1.82) is 0 Å². The summed E-state index contributed by atoms with van der Waals surface area (Å²) in [6.07, 6.45) is 2.20. The number of anilines is 1. The summed E-state index contributed by atoms with van der Waals surface area (Å²) in [5.74, 6) is 0. The van der Waals surface area contributed by atoms with Gasteiger partial charge in [-0.2, -0.15) is 0 Å². The highest BCUT2D eigenvalue weighted by molar-refractivity contribution is 6.33. The normalized spacial score (nSPS) is 13.8. The van der Waals surface area contributed by atoms with E-state index in [1.54, 1.807) is 0 Å². The Morgan fingerprint density at radius 1 is 1.11 bits per heavy atom. The molecule has 1 aromatic rings. The van der Waals surface area contributed by atoms with Gasteiger partial charge in [-0.25, -0.2) is 4.90 Å². The zero-order valence-corrected chi connectivity index (χ0v) is 11.8. The van der Waals surface area contributed by atoms with Crippen LogP contribution in [0.25, 0.3) is 0 Å². The van der Waals surface area contributed by atoms with Gasteiger partial charge in [0.2, 0.25) is 6.34 Å². The van der Waals surface area contributed by atoms with E-state index in [1.807, 2.05) is 0 Å². The van der Waals surface area contributed by atoms with Crippen molar-refractivity contribution in [2.24, 2.45) is 0 Å². The Labute approximate surface area is 112 Å². The minimum Gasteiger partial charge on any atom is -0.267 e. The van der Waals surface area contributed by atoms with Crippen molar-refractivity contribution in [2.45, 2.75) is 20.8 Å². The van der Waals surface area contributed by atoms with E-state index in [4.69, 9.17) is 0 Å². The Morgan fingerprint density at radius 3 is 1.95 bits per heavy atom. The SMILES string of the molecule is Cc1cc(C)c(N2C=[N+](C)CC2)c(C)c1.FB(F)F. The van der Waals surface area contributed by atoms with Crippen LogP contribution < -0.4 is 4.90 Å². The molecule has 0 N–H and O–H groups in total. The third kappa shape index (κ3) is 4.61. The first-order valence-electron chi connectivity index (χ1n) is 6.13.